The molecule has 112 valence electrons. The van der Waals surface area contributed by atoms with Gasteiger partial charge in [-0.15, -0.1) is 0 Å². The minimum atomic E-state index is -3.76. The van der Waals surface area contributed by atoms with E-state index >= 15 is 0 Å². The van der Waals surface area contributed by atoms with Crippen LogP contribution in [0.4, 0.5) is 0 Å². The van der Waals surface area contributed by atoms with Gasteiger partial charge in [-0.1, -0.05) is 0 Å². The van der Waals surface area contributed by atoms with Crippen molar-refractivity contribution in [3.8, 4) is 0 Å². The van der Waals surface area contributed by atoms with Crippen LogP contribution in [0.1, 0.15) is 12.8 Å². The summed E-state index contributed by atoms with van der Waals surface area (Å²) in [7, 11) is -2.36. The lowest BCUT2D eigenvalue weighted by atomic mass is 10.0. The molecule has 0 aromatic rings. The van der Waals surface area contributed by atoms with Crippen LogP contribution in [0.25, 0.3) is 0 Å². The zero-order chi connectivity index (χ0) is 14.5. The van der Waals surface area contributed by atoms with Gasteiger partial charge in [0.1, 0.15) is 0 Å². The minimum Gasteiger partial charge on any atom is -0.481 e. The molecule has 2 unspecified atom stereocenters. The van der Waals surface area contributed by atoms with Gasteiger partial charge in [0.05, 0.1) is 18.6 Å². The molecular formula is C10H20N2O6S. The lowest BCUT2D eigenvalue weighted by molar-refractivity contribution is -0.142. The second kappa shape index (κ2) is 7.15. The van der Waals surface area contributed by atoms with Crippen molar-refractivity contribution >= 4 is 16.2 Å². The second-order valence-corrected chi connectivity index (χ2v) is 6.25. The van der Waals surface area contributed by atoms with Gasteiger partial charge in [-0.25, -0.2) is 0 Å². The van der Waals surface area contributed by atoms with Crippen molar-refractivity contribution in [3.05, 3.63) is 0 Å². The maximum atomic E-state index is 11.9. The molecule has 0 bridgehead atoms. The lowest BCUT2D eigenvalue weighted by Crippen LogP contribution is -2.49. The van der Waals surface area contributed by atoms with Crippen molar-refractivity contribution in [3.63, 3.8) is 0 Å². The Hall–Kier alpha value is -0.740. The average molecular weight is 296 g/mol. The Kier molecular flexibility index (Phi) is 6.14. The fraction of sp³-hybridized carbons (Fsp3) is 0.900. The number of aliphatic carboxylic acids is 1. The van der Waals surface area contributed by atoms with Gasteiger partial charge in [-0.3, -0.25) is 4.79 Å². The summed E-state index contributed by atoms with van der Waals surface area (Å²) in [6, 6.07) is 0. The van der Waals surface area contributed by atoms with E-state index in [0.29, 0.717) is 19.4 Å². The Morgan fingerprint density at radius 1 is 1.58 bits per heavy atom. The zero-order valence-corrected chi connectivity index (χ0v) is 11.6. The molecule has 1 heterocycles. The first-order chi connectivity index (χ1) is 8.86. The summed E-state index contributed by atoms with van der Waals surface area (Å²) in [4.78, 5) is 10.9. The smallest absolute Gasteiger partial charge is 0.307 e. The van der Waals surface area contributed by atoms with Crippen LogP contribution < -0.4 is 4.72 Å². The predicted octanol–water partition coefficient (Wildman–Crippen LogP) is -1.38. The summed E-state index contributed by atoms with van der Waals surface area (Å²) >= 11 is 0. The fourth-order valence-electron chi connectivity index (χ4n) is 1.91. The number of nitrogens with one attached hydrogen (secondary N) is 1. The van der Waals surface area contributed by atoms with E-state index in [9.17, 15) is 18.3 Å². The highest BCUT2D eigenvalue weighted by atomic mass is 32.2. The summed E-state index contributed by atoms with van der Waals surface area (Å²) in [5.74, 6) is -1.66. The van der Waals surface area contributed by atoms with Crippen LogP contribution in [0, 0.1) is 5.92 Å². The molecule has 3 N–H and O–H groups in total. The third-order valence-electron chi connectivity index (χ3n) is 2.93. The summed E-state index contributed by atoms with van der Waals surface area (Å²) in [6.45, 7) is 0.120. The summed E-state index contributed by atoms with van der Waals surface area (Å²) in [5, 5.41) is 18.3. The topological polar surface area (TPSA) is 116 Å². The van der Waals surface area contributed by atoms with Crippen molar-refractivity contribution in [1.29, 1.82) is 0 Å². The number of hydrogen-bond donors (Lipinski definition) is 3. The molecule has 0 radical (unpaired) electrons. The quantitative estimate of drug-likeness (QED) is 0.533. The summed E-state index contributed by atoms with van der Waals surface area (Å²) in [5.41, 5.74) is 0. The highest BCUT2D eigenvalue weighted by Gasteiger charge is 2.32. The van der Waals surface area contributed by atoms with Gasteiger partial charge in [-0.2, -0.15) is 17.4 Å². The molecule has 0 aromatic heterocycles. The highest BCUT2D eigenvalue weighted by Crippen LogP contribution is 2.18. The Morgan fingerprint density at radius 2 is 2.26 bits per heavy atom. The van der Waals surface area contributed by atoms with Gasteiger partial charge in [0, 0.05) is 26.7 Å². The minimum absolute atomic E-state index is 0.0280. The molecule has 19 heavy (non-hydrogen) atoms. The van der Waals surface area contributed by atoms with Crippen molar-refractivity contribution < 1.29 is 28.2 Å². The van der Waals surface area contributed by atoms with Crippen LogP contribution in [0.5, 0.6) is 0 Å². The molecule has 9 heteroatoms. The van der Waals surface area contributed by atoms with Crippen molar-refractivity contribution in [2.24, 2.45) is 5.92 Å². The lowest BCUT2D eigenvalue weighted by Gasteiger charge is -2.30. The number of aliphatic hydroxyl groups is 1. The van der Waals surface area contributed by atoms with E-state index in [4.69, 9.17) is 5.11 Å². The van der Waals surface area contributed by atoms with Crippen molar-refractivity contribution in [2.45, 2.75) is 18.9 Å². The van der Waals surface area contributed by atoms with Crippen LogP contribution in [0.15, 0.2) is 0 Å². The van der Waals surface area contributed by atoms with E-state index in [2.05, 4.69) is 9.46 Å². The number of aliphatic hydroxyl groups excluding tert-OH is 1. The van der Waals surface area contributed by atoms with Gasteiger partial charge in [0.2, 0.25) is 0 Å². The van der Waals surface area contributed by atoms with Crippen LogP contribution in [0.3, 0.4) is 0 Å². The van der Waals surface area contributed by atoms with E-state index in [0.717, 1.165) is 4.31 Å². The highest BCUT2D eigenvalue weighted by molar-refractivity contribution is 7.87. The number of piperidine rings is 1. The molecule has 8 nitrogen and oxygen atoms in total. The van der Waals surface area contributed by atoms with Gasteiger partial charge in [0.15, 0.2) is 0 Å². The number of hydrogen-bond acceptors (Lipinski definition) is 5. The Bertz CT molecular complexity index is 399. The molecule has 2 atom stereocenters. The Morgan fingerprint density at radius 3 is 2.84 bits per heavy atom. The SMILES string of the molecule is COCC(O)CNS(=O)(=O)N1CCCC(C(=O)O)C1. The number of carboxylic acid groups (broad SMARTS) is 1. The monoisotopic (exact) mass is 296 g/mol. The molecule has 1 rings (SSSR count). The number of ether oxygens (including phenoxy) is 1. The van der Waals surface area contributed by atoms with E-state index < -0.39 is 28.2 Å². The predicted molar refractivity (Wildman–Crippen MR) is 66.7 cm³/mol. The maximum absolute atomic E-state index is 11.9. The number of rotatable bonds is 7. The van der Waals surface area contributed by atoms with E-state index in [1.807, 2.05) is 0 Å². The summed E-state index contributed by atoms with van der Waals surface area (Å²) < 4.78 is 31.9. The van der Waals surface area contributed by atoms with E-state index in [1.165, 1.54) is 7.11 Å². The second-order valence-electron chi connectivity index (χ2n) is 4.50. The summed E-state index contributed by atoms with van der Waals surface area (Å²) in [6.07, 6.45) is 0.0615. The van der Waals surface area contributed by atoms with Crippen LogP contribution in [-0.4, -0.2) is 68.4 Å². The normalized spacial score (nSPS) is 23.2. The molecule has 1 aliphatic heterocycles. The Labute approximate surface area is 112 Å². The van der Waals surface area contributed by atoms with Gasteiger partial charge < -0.3 is 14.9 Å². The third-order valence-corrected chi connectivity index (χ3v) is 4.48. The number of carboxylic acids is 1. The van der Waals surface area contributed by atoms with Crippen LogP contribution in [-0.2, 0) is 19.7 Å². The molecule has 1 fully saturated rings. The molecule has 0 amide bonds. The number of nitrogens with zero attached hydrogens (tertiary/aromatic N) is 1. The molecule has 0 aliphatic carbocycles. The fourth-order valence-corrected chi connectivity index (χ4v) is 3.24. The van der Waals surface area contributed by atoms with E-state index in [-0.39, 0.29) is 19.7 Å². The standard InChI is InChI=1S/C10H20N2O6S/c1-18-7-9(13)5-11-19(16,17)12-4-2-3-8(6-12)10(14)15/h8-9,11,13H,2-7H2,1H3,(H,14,15). The number of carbonyl (C=O) groups is 1. The molecule has 1 saturated heterocycles. The maximum Gasteiger partial charge on any atom is 0.307 e. The first-order valence-corrected chi connectivity index (χ1v) is 7.45. The number of methoxy groups -OCH3 is 1. The van der Waals surface area contributed by atoms with Gasteiger partial charge in [0.25, 0.3) is 10.2 Å². The Balaban J connectivity index is 2.54. The molecular weight excluding hydrogens is 276 g/mol. The average Bonchev–Trinajstić information content (AvgIpc) is 2.37. The van der Waals surface area contributed by atoms with Gasteiger partial charge in [-0.05, 0) is 12.8 Å². The first kappa shape index (κ1) is 16.3. The van der Waals surface area contributed by atoms with Crippen LogP contribution in [0.2, 0.25) is 0 Å². The molecule has 1 aliphatic rings. The molecule has 0 spiro atoms. The van der Waals surface area contributed by atoms with E-state index in [1.54, 1.807) is 0 Å². The van der Waals surface area contributed by atoms with Crippen molar-refractivity contribution in [2.75, 3.05) is 33.4 Å². The van der Waals surface area contributed by atoms with Gasteiger partial charge >= 0.3 is 5.97 Å². The largest absolute Gasteiger partial charge is 0.481 e. The molecule has 0 aromatic carbocycles. The van der Waals surface area contributed by atoms with Crippen molar-refractivity contribution in [1.82, 2.24) is 9.03 Å². The third kappa shape index (κ3) is 5.03. The van der Waals surface area contributed by atoms with Crippen LogP contribution >= 0.6 is 0 Å². The zero-order valence-electron chi connectivity index (χ0n) is 10.8. The molecule has 0 saturated carbocycles. The first-order valence-electron chi connectivity index (χ1n) is 6.01.